The van der Waals surface area contributed by atoms with Gasteiger partial charge in [-0.3, -0.25) is 4.79 Å². The Bertz CT molecular complexity index is 1200. The van der Waals surface area contributed by atoms with Gasteiger partial charge in [0, 0.05) is 18.2 Å². The van der Waals surface area contributed by atoms with Crippen LogP contribution in [0, 0.1) is 11.2 Å². The van der Waals surface area contributed by atoms with Crippen LogP contribution < -0.4 is 11.1 Å². The Labute approximate surface area is 226 Å². The number of benzene rings is 2. The lowest BCUT2D eigenvalue weighted by Crippen LogP contribution is -2.67. The largest absolute Gasteiger partial charge is 0.465 e. The molecule has 7 nitrogen and oxygen atoms in total. The molecule has 0 bridgehead atoms. The highest BCUT2D eigenvalue weighted by atomic mass is 28.3. The number of hydrogen-bond acceptors (Lipinski definition) is 5. The average molecular weight is 543 g/mol. The number of nitrogens with two attached hydrogens (primary N) is 1. The number of carbonyl (C=O) groups is 3. The van der Waals surface area contributed by atoms with Crippen LogP contribution in [0.2, 0.25) is 19.1 Å². The summed E-state index contributed by atoms with van der Waals surface area (Å²) in [4.78, 5) is 40.0. The van der Waals surface area contributed by atoms with Gasteiger partial charge in [-0.05, 0) is 36.1 Å². The SMILES string of the molecule is COC(=O)c1ccc(CNC(=O)C2C[Si](C)(C)C[N@@+]2(C(=O)[C@@H](N)C(C)(C)C)[C@H](C)c2ccccc2F)cc1. The maximum atomic E-state index is 15.1. The summed E-state index contributed by atoms with van der Waals surface area (Å²) in [6.45, 7) is 12.1. The monoisotopic (exact) mass is 542 g/mol. The molecule has 2 aromatic carbocycles. The molecule has 0 aromatic heterocycles. The van der Waals surface area contributed by atoms with Gasteiger partial charge in [-0.25, -0.2) is 18.5 Å². The number of carbonyl (C=O) groups excluding carboxylic acids is 3. The standard InChI is InChI=1S/C29H40FN3O4Si/c1-19(22-10-8-9-11-23(22)30)33(27(35)25(31)29(2,3)4)18-38(6,7)17-24(33)26(34)32-16-20-12-14-21(15-13-20)28(36)37-5/h8-15,19,24-25H,16-18,31H2,1-7H3/p+1/t19-,24?,25-,33-/m1/s1. The fourth-order valence-electron chi connectivity index (χ4n) is 5.58. The highest BCUT2D eigenvalue weighted by Crippen LogP contribution is 2.45. The molecule has 206 valence electrons. The zero-order chi connectivity index (χ0) is 28.5. The minimum absolute atomic E-state index is 0.189. The molecule has 2 aromatic rings. The second-order valence-electron chi connectivity index (χ2n) is 12.3. The first-order valence-electron chi connectivity index (χ1n) is 13.0. The van der Waals surface area contributed by atoms with Gasteiger partial charge >= 0.3 is 11.9 Å². The highest BCUT2D eigenvalue weighted by molar-refractivity contribution is 6.78. The molecular weight excluding hydrogens is 501 g/mol. The minimum atomic E-state index is -2.05. The summed E-state index contributed by atoms with van der Waals surface area (Å²) in [5, 5.41) is 3.01. The van der Waals surface area contributed by atoms with Crippen molar-refractivity contribution in [2.75, 3.05) is 13.3 Å². The zero-order valence-corrected chi connectivity index (χ0v) is 24.5. The molecule has 3 rings (SSSR count). The summed E-state index contributed by atoms with van der Waals surface area (Å²) in [5.41, 5.74) is 7.66. The topological polar surface area (TPSA) is 98.5 Å². The number of nitrogens with one attached hydrogen (secondary N) is 1. The van der Waals surface area contributed by atoms with Crippen LogP contribution in [0.3, 0.4) is 0 Å². The Balaban J connectivity index is 2.01. The van der Waals surface area contributed by atoms with Gasteiger partial charge in [-0.1, -0.05) is 64.2 Å². The first-order chi connectivity index (χ1) is 17.6. The van der Waals surface area contributed by atoms with Crippen LogP contribution in [0.4, 0.5) is 4.39 Å². The van der Waals surface area contributed by atoms with E-state index in [-0.39, 0.29) is 22.8 Å². The van der Waals surface area contributed by atoms with E-state index in [1.807, 2.05) is 27.7 Å². The van der Waals surface area contributed by atoms with Gasteiger partial charge in [-0.15, -0.1) is 0 Å². The van der Waals surface area contributed by atoms with E-state index in [1.165, 1.54) is 13.2 Å². The lowest BCUT2D eigenvalue weighted by atomic mass is 9.84. The lowest BCUT2D eigenvalue weighted by molar-refractivity contribution is -0.882. The number of methoxy groups -OCH3 is 1. The molecule has 0 radical (unpaired) electrons. The third-order valence-electron chi connectivity index (χ3n) is 7.79. The minimum Gasteiger partial charge on any atom is -0.465 e. The molecule has 3 N–H and O–H groups in total. The van der Waals surface area contributed by atoms with Gasteiger partial charge in [-0.2, -0.15) is 0 Å². The van der Waals surface area contributed by atoms with Crippen molar-refractivity contribution in [1.82, 2.24) is 5.32 Å². The molecule has 1 aliphatic heterocycles. The Hall–Kier alpha value is -2.88. The Morgan fingerprint density at radius 1 is 1.13 bits per heavy atom. The number of ether oxygens (including phenoxy) is 1. The van der Waals surface area contributed by atoms with Crippen LogP contribution in [0.25, 0.3) is 0 Å². The maximum Gasteiger partial charge on any atom is 0.337 e. The van der Waals surface area contributed by atoms with Crippen molar-refractivity contribution < 1.29 is 28.0 Å². The molecule has 1 saturated heterocycles. The van der Waals surface area contributed by atoms with Crippen molar-refractivity contribution in [3.8, 4) is 0 Å². The average Bonchev–Trinajstić information content (AvgIpc) is 3.17. The Kier molecular flexibility index (Phi) is 8.65. The molecule has 9 heteroatoms. The van der Waals surface area contributed by atoms with E-state index in [2.05, 4.69) is 18.4 Å². The van der Waals surface area contributed by atoms with Gasteiger partial charge in [0.05, 0.1) is 18.8 Å². The van der Waals surface area contributed by atoms with Gasteiger partial charge in [0.1, 0.15) is 26.0 Å². The van der Waals surface area contributed by atoms with E-state index in [0.717, 1.165) is 5.56 Å². The second kappa shape index (κ2) is 11.1. The number of hydrogen-bond donors (Lipinski definition) is 2. The second-order valence-corrected chi connectivity index (χ2v) is 17.3. The predicted molar refractivity (Wildman–Crippen MR) is 148 cm³/mol. The van der Waals surface area contributed by atoms with Crippen LogP contribution in [-0.2, 0) is 20.9 Å². The van der Waals surface area contributed by atoms with E-state index in [9.17, 15) is 14.4 Å². The molecule has 0 spiro atoms. The molecule has 0 saturated carbocycles. The highest BCUT2D eigenvalue weighted by Gasteiger charge is 2.63. The molecule has 4 atom stereocenters. The summed E-state index contributed by atoms with van der Waals surface area (Å²) < 4.78 is 19.6. The predicted octanol–water partition coefficient (Wildman–Crippen LogP) is 4.34. The first kappa shape index (κ1) is 29.7. The van der Waals surface area contributed by atoms with E-state index >= 15 is 4.39 Å². The molecular formula is C29H41FN3O4Si+. The molecule has 0 aliphatic carbocycles. The van der Waals surface area contributed by atoms with E-state index in [1.54, 1.807) is 42.5 Å². The maximum absolute atomic E-state index is 15.1. The van der Waals surface area contributed by atoms with Crippen LogP contribution in [-0.4, -0.2) is 55.7 Å². The summed E-state index contributed by atoms with van der Waals surface area (Å²) in [5.74, 6) is -1.31. The molecule has 1 heterocycles. The summed E-state index contributed by atoms with van der Waals surface area (Å²) in [7, 11) is -0.732. The van der Waals surface area contributed by atoms with E-state index < -0.39 is 43.4 Å². The molecule has 1 aliphatic rings. The van der Waals surface area contributed by atoms with Crippen LogP contribution in [0.5, 0.6) is 0 Å². The summed E-state index contributed by atoms with van der Waals surface area (Å²) in [6.07, 6.45) is 0.497. The number of nitrogens with zero attached hydrogens (tertiary/aromatic N) is 1. The van der Waals surface area contributed by atoms with Gasteiger partial charge in [0.25, 0.3) is 5.91 Å². The van der Waals surface area contributed by atoms with Crippen molar-refractivity contribution in [2.45, 2.75) is 71.5 Å². The number of amides is 2. The van der Waals surface area contributed by atoms with Crippen molar-refractivity contribution >= 4 is 25.9 Å². The summed E-state index contributed by atoms with van der Waals surface area (Å²) in [6, 6.07) is 11.7. The van der Waals surface area contributed by atoms with E-state index in [0.29, 0.717) is 23.3 Å². The molecule has 38 heavy (non-hydrogen) atoms. The molecule has 1 unspecified atom stereocenters. The number of halogens is 1. The Morgan fingerprint density at radius 3 is 2.29 bits per heavy atom. The Morgan fingerprint density at radius 2 is 1.74 bits per heavy atom. The fourth-order valence-corrected chi connectivity index (χ4v) is 9.33. The van der Waals surface area contributed by atoms with Gasteiger partial charge in [0.2, 0.25) is 0 Å². The number of rotatable bonds is 7. The van der Waals surface area contributed by atoms with Crippen molar-refractivity contribution in [3.63, 3.8) is 0 Å². The van der Waals surface area contributed by atoms with Crippen LogP contribution in [0.1, 0.15) is 55.2 Å². The van der Waals surface area contributed by atoms with Crippen LogP contribution in [0.15, 0.2) is 48.5 Å². The van der Waals surface area contributed by atoms with Gasteiger partial charge in [0.15, 0.2) is 6.04 Å². The lowest BCUT2D eigenvalue weighted by Gasteiger charge is -2.45. The smallest absolute Gasteiger partial charge is 0.337 e. The van der Waals surface area contributed by atoms with Crippen molar-refractivity contribution in [3.05, 3.63) is 71.0 Å². The fraction of sp³-hybridized carbons (Fsp3) is 0.483. The number of quaternary nitrogens is 1. The third kappa shape index (κ3) is 5.90. The van der Waals surface area contributed by atoms with Gasteiger partial charge < -0.3 is 15.8 Å². The first-order valence-corrected chi connectivity index (χ1v) is 16.4. The number of esters is 1. The molecule has 1 fully saturated rings. The van der Waals surface area contributed by atoms with E-state index in [4.69, 9.17) is 10.5 Å². The van der Waals surface area contributed by atoms with Crippen molar-refractivity contribution in [2.24, 2.45) is 11.1 Å². The normalized spacial score (nSPS) is 22.4. The van der Waals surface area contributed by atoms with Crippen molar-refractivity contribution in [1.29, 1.82) is 0 Å². The summed E-state index contributed by atoms with van der Waals surface area (Å²) >= 11 is 0. The molecule has 2 amide bonds. The quantitative estimate of drug-likeness (QED) is 0.308. The zero-order valence-electron chi connectivity index (χ0n) is 23.5. The third-order valence-corrected chi connectivity index (χ3v) is 10.7. The van der Waals surface area contributed by atoms with Crippen LogP contribution >= 0.6 is 0 Å².